The predicted molar refractivity (Wildman–Crippen MR) is 133 cm³/mol. The fourth-order valence-electron chi connectivity index (χ4n) is 2.76. The van der Waals surface area contributed by atoms with Crippen molar-refractivity contribution in [1.82, 2.24) is 25.3 Å². The van der Waals surface area contributed by atoms with Crippen molar-refractivity contribution < 1.29 is 34.5 Å². The van der Waals surface area contributed by atoms with Gasteiger partial charge in [-0.15, -0.1) is 0 Å². The Hall–Kier alpha value is -5.12. The number of aliphatic carboxylic acids is 3. The second kappa shape index (κ2) is 13.3. The van der Waals surface area contributed by atoms with E-state index in [1.165, 1.54) is 25.3 Å². The van der Waals surface area contributed by atoms with Crippen LogP contribution < -0.4 is 27.7 Å². The summed E-state index contributed by atoms with van der Waals surface area (Å²) in [7, 11) is 0. The highest BCUT2D eigenvalue weighted by Crippen LogP contribution is 2.12. The molecule has 10 N–H and O–H groups in total. The number of hydrogen-bond donors (Lipinski definition) is 8. The Morgan fingerprint density at radius 2 is 1.68 bits per heavy atom. The van der Waals surface area contributed by atoms with E-state index in [9.17, 15) is 24.0 Å². The molecule has 0 aliphatic rings. The maximum absolute atomic E-state index is 12.3. The molecule has 202 valence electrons. The third-order valence-electron chi connectivity index (χ3n) is 4.75. The maximum Gasteiger partial charge on any atom is 0.326 e. The summed E-state index contributed by atoms with van der Waals surface area (Å²) < 4.78 is 0. The molecule has 2 heterocycles. The minimum Gasteiger partial charge on any atom is -0.481 e. The molecule has 3 aromatic rings. The highest BCUT2D eigenvalue weighted by Gasteiger charge is 2.21. The number of nitrogens with zero attached hydrogens (tertiary/aromatic N) is 3. The number of nitrogens with one attached hydrogen (secondary N) is 3. The van der Waals surface area contributed by atoms with Crippen LogP contribution in [0.5, 0.6) is 0 Å². The number of carboxylic acid groups (broad SMARTS) is 3. The number of anilines is 2. The molecule has 2 aromatic heterocycles. The molecular formula is C22H26N8O8. The summed E-state index contributed by atoms with van der Waals surface area (Å²) in [6.45, 7) is 1.65. The first-order valence-corrected chi connectivity index (χ1v) is 11.0. The van der Waals surface area contributed by atoms with E-state index in [1.54, 1.807) is 12.1 Å². The number of H-pyrrole nitrogens is 1. The van der Waals surface area contributed by atoms with Gasteiger partial charge in [-0.3, -0.25) is 19.2 Å². The summed E-state index contributed by atoms with van der Waals surface area (Å²) in [5.41, 5.74) is 11.3. The van der Waals surface area contributed by atoms with Gasteiger partial charge in [0.1, 0.15) is 12.1 Å². The van der Waals surface area contributed by atoms with E-state index in [4.69, 9.17) is 26.8 Å². The molecule has 0 aliphatic heterocycles. The van der Waals surface area contributed by atoms with E-state index in [2.05, 4.69) is 30.6 Å². The lowest BCUT2D eigenvalue weighted by Gasteiger charge is -2.14. The topological polar surface area (TPSA) is 277 Å². The van der Waals surface area contributed by atoms with E-state index >= 15 is 0 Å². The molecule has 0 bridgehead atoms. The van der Waals surface area contributed by atoms with Crippen molar-refractivity contribution in [2.75, 3.05) is 11.1 Å². The lowest BCUT2D eigenvalue weighted by Crippen LogP contribution is -2.41. The number of aromatic amines is 1. The first-order chi connectivity index (χ1) is 17.9. The Bertz CT molecular complexity index is 1370. The Balaban J connectivity index is 0.000000757. The number of hydrogen-bond acceptors (Lipinski definition) is 11. The number of rotatable bonds is 10. The van der Waals surface area contributed by atoms with E-state index in [1.807, 2.05) is 0 Å². The van der Waals surface area contributed by atoms with Crippen LogP contribution in [0, 0.1) is 0 Å². The van der Waals surface area contributed by atoms with Crippen LogP contribution >= 0.6 is 0 Å². The molecule has 38 heavy (non-hydrogen) atoms. The minimum atomic E-state index is -1.31. The van der Waals surface area contributed by atoms with Crippen LogP contribution in [-0.4, -0.2) is 71.2 Å². The van der Waals surface area contributed by atoms with Crippen LogP contribution in [0.1, 0.15) is 35.8 Å². The lowest BCUT2D eigenvalue weighted by atomic mass is 10.1. The average Bonchev–Trinajstić information content (AvgIpc) is 2.85. The molecule has 1 amide bonds. The summed E-state index contributed by atoms with van der Waals surface area (Å²) in [5, 5.41) is 31.1. The molecule has 2 atom stereocenters. The molecule has 1 aromatic carbocycles. The van der Waals surface area contributed by atoms with Crippen LogP contribution in [0.2, 0.25) is 0 Å². The SMILES string of the molecule is C[C@H](N)C(=O)O.Nc1nc(=O)c2nc(CNc3ccc(C(=O)N[C@@H](CCC(=O)O)C(=O)O)cc3)cnc2[nH]1. The molecular weight excluding hydrogens is 504 g/mol. The second-order valence-electron chi connectivity index (χ2n) is 7.84. The molecule has 0 radical (unpaired) electrons. The van der Waals surface area contributed by atoms with Crippen molar-refractivity contribution in [2.24, 2.45) is 5.73 Å². The van der Waals surface area contributed by atoms with Crippen molar-refractivity contribution in [2.45, 2.75) is 38.4 Å². The standard InChI is InChI=1S/C19H19N7O6.C3H7NO2/c20-19-25-15-14(17(30)26-19)23-11(8-22-15)7-21-10-3-1-9(2-4-10)16(29)24-12(18(31)32)5-6-13(27)28;1-2(4)3(5)6/h1-4,8,12,21H,5-7H2,(H,24,29)(H,27,28)(H,31,32)(H3,20,22,25,26,30);2H,4H2,1H3,(H,5,6)/t12-;2-/m00/s1. The van der Waals surface area contributed by atoms with Crippen molar-refractivity contribution in [3.63, 3.8) is 0 Å². The van der Waals surface area contributed by atoms with Crippen LogP contribution in [0.15, 0.2) is 35.3 Å². The van der Waals surface area contributed by atoms with Crippen molar-refractivity contribution in [3.05, 3.63) is 52.1 Å². The Morgan fingerprint density at radius 1 is 1.05 bits per heavy atom. The number of aromatic nitrogens is 4. The first-order valence-electron chi connectivity index (χ1n) is 11.0. The van der Waals surface area contributed by atoms with Crippen LogP contribution in [-0.2, 0) is 20.9 Å². The van der Waals surface area contributed by atoms with Gasteiger partial charge in [0.05, 0.1) is 18.4 Å². The Labute approximate surface area is 214 Å². The van der Waals surface area contributed by atoms with Gasteiger partial charge >= 0.3 is 23.5 Å². The Morgan fingerprint density at radius 3 is 2.24 bits per heavy atom. The highest BCUT2D eigenvalue weighted by atomic mass is 16.4. The third-order valence-corrected chi connectivity index (χ3v) is 4.75. The summed E-state index contributed by atoms with van der Waals surface area (Å²) in [6, 6.07) is 4.13. The van der Waals surface area contributed by atoms with Gasteiger partial charge < -0.3 is 42.4 Å². The molecule has 0 saturated carbocycles. The molecule has 3 rings (SSSR count). The normalized spacial score (nSPS) is 11.9. The van der Waals surface area contributed by atoms with Gasteiger partial charge in [-0.05, 0) is 37.6 Å². The zero-order valence-corrected chi connectivity index (χ0v) is 20.0. The van der Waals surface area contributed by atoms with Crippen molar-refractivity contribution in [1.29, 1.82) is 0 Å². The summed E-state index contributed by atoms with van der Waals surface area (Å²) in [5.74, 6) is -4.12. The molecule has 16 heteroatoms. The van der Waals surface area contributed by atoms with Gasteiger partial charge in [-0.25, -0.2) is 14.8 Å². The van der Waals surface area contributed by atoms with Crippen LogP contribution in [0.25, 0.3) is 11.2 Å². The molecule has 0 fully saturated rings. The van der Waals surface area contributed by atoms with E-state index in [0.717, 1.165) is 0 Å². The number of carboxylic acids is 3. The lowest BCUT2D eigenvalue weighted by molar-refractivity contribution is -0.141. The molecule has 16 nitrogen and oxygen atoms in total. The van der Waals surface area contributed by atoms with Gasteiger partial charge in [0, 0.05) is 17.7 Å². The average molecular weight is 530 g/mol. The Kier molecular flexibility index (Phi) is 10.2. The molecule has 0 aliphatic carbocycles. The molecule has 0 saturated heterocycles. The quantitative estimate of drug-likeness (QED) is 0.162. The highest BCUT2D eigenvalue weighted by molar-refractivity contribution is 5.97. The van der Waals surface area contributed by atoms with Crippen molar-refractivity contribution in [3.8, 4) is 0 Å². The number of fused-ring (bicyclic) bond motifs is 1. The summed E-state index contributed by atoms with van der Waals surface area (Å²) in [4.78, 5) is 70.1. The number of nitrogens with two attached hydrogens (primary N) is 2. The number of benzene rings is 1. The second-order valence-corrected chi connectivity index (χ2v) is 7.84. The largest absolute Gasteiger partial charge is 0.481 e. The van der Waals surface area contributed by atoms with Crippen LogP contribution in [0.4, 0.5) is 11.6 Å². The van der Waals surface area contributed by atoms with Gasteiger partial charge in [0.2, 0.25) is 5.95 Å². The monoisotopic (exact) mass is 530 g/mol. The fourth-order valence-corrected chi connectivity index (χ4v) is 2.76. The molecule has 0 unspecified atom stereocenters. The number of nitrogen functional groups attached to an aromatic ring is 1. The smallest absolute Gasteiger partial charge is 0.326 e. The first kappa shape index (κ1) is 29.1. The summed E-state index contributed by atoms with van der Waals surface area (Å²) >= 11 is 0. The number of carbonyl (C=O) groups is 4. The zero-order chi connectivity index (χ0) is 28.4. The van der Waals surface area contributed by atoms with Crippen molar-refractivity contribution >= 4 is 46.6 Å². The van der Waals surface area contributed by atoms with Crippen LogP contribution in [0.3, 0.4) is 0 Å². The van der Waals surface area contributed by atoms with Gasteiger partial charge in [0.15, 0.2) is 11.2 Å². The van der Waals surface area contributed by atoms with Gasteiger partial charge in [0.25, 0.3) is 5.91 Å². The van der Waals surface area contributed by atoms with E-state index < -0.39 is 41.5 Å². The van der Waals surface area contributed by atoms with Gasteiger partial charge in [-0.1, -0.05) is 0 Å². The predicted octanol–water partition coefficient (Wildman–Crippen LogP) is -0.627. The van der Waals surface area contributed by atoms with E-state index in [-0.39, 0.29) is 42.1 Å². The zero-order valence-electron chi connectivity index (χ0n) is 20.0. The number of carbonyl (C=O) groups excluding carboxylic acids is 1. The molecule has 0 spiro atoms. The van der Waals surface area contributed by atoms with Gasteiger partial charge in [-0.2, -0.15) is 4.98 Å². The third kappa shape index (κ3) is 8.83. The minimum absolute atomic E-state index is 0.0524. The summed E-state index contributed by atoms with van der Waals surface area (Å²) in [6.07, 6.45) is 0.858. The van der Waals surface area contributed by atoms with E-state index in [0.29, 0.717) is 11.4 Å². The number of amides is 1. The maximum atomic E-state index is 12.3. The fraction of sp³-hybridized carbons (Fsp3) is 0.273.